The van der Waals surface area contributed by atoms with Gasteiger partial charge in [0.15, 0.2) is 0 Å². The standard InChI is InChI=1S/C31H24N2/c1-23-16-18-26(19-17-23)32(24-10-4-2-5-11-24)27-20-21-31-29(22-27)28-14-8-9-15-30(28)33(31)25-12-6-3-7-13-25/h2-22H,1H3. The molecule has 0 aliphatic rings. The Bertz CT molecular complexity index is 1550. The molecule has 2 heteroatoms. The van der Waals surface area contributed by atoms with Crippen molar-refractivity contribution in [1.82, 2.24) is 4.57 Å². The zero-order valence-electron chi connectivity index (χ0n) is 18.5. The monoisotopic (exact) mass is 424 g/mol. The molecule has 0 saturated carbocycles. The largest absolute Gasteiger partial charge is 0.310 e. The number of aryl methyl sites for hydroxylation is 1. The molecule has 5 aromatic carbocycles. The summed E-state index contributed by atoms with van der Waals surface area (Å²) in [6, 6.07) is 45.4. The van der Waals surface area contributed by atoms with Gasteiger partial charge in [0, 0.05) is 33.5 Å². The van der Waals surface area contributed by atoms with Gasteiger partial charge in [-0.25, -0.2) is 0 Å². The Kier molecular flexibility index (Phi) is 4.70. The molecule has 0 fully saturated rings. The molecule has 0 aliphatic carbocycles. The minimum Gasteiger partial charge on any atom is -0.310 e. The summed E-state index contributed by atoms with van der Waals surface area (Å²) in [5.41, 5.74) is 8.31. The van der Waals surface area contributed by atoms with E-state index >= 15 is 0 Å². The molecule has 2 nitrogen and oxygen atoms in total. The highest BCUT2D eigenvalue weighted by molar-refractivity contribution is 6.10. The number of benzene rings is 5. The highest BCUT2D eigenvalue weighted by Crippen LogP contribution is 2.39. The fourth-order valence-electron chi connectivity index (χ4n) is 4.67. The number of rotatable bonds is 4. The molecule has 158 valence electrons. The average Bonchev–Trinajstić information content (AvgIpc) is 3.20. The van der Waals surface area contributed by atoms with Gasteiger partial charge in [0.05, 0.1) is 11.0 Å². The van der Waals surface area contributed by atoms with E-state index in [1.807, 2.05) is 0 Å². The van der Waals surface area contributed by atoms with Crippen molar-refractivity contribution in [2.45, 2.75) is 6.92 Å². The van der Waals surface area contributed by atoms with E-state index in [-0.39, 0.29) is 0 Å². The summed E-state index contributed by atoms with van der Waals surface area (Å²) in [7, 11) is 0. The quantitative estimate of drug-likeness (QED) is 0.275. The fraction of sp³-hybridized carbons (Fsp3) is 0.0323. The number of nitrogens with zero attached hydrogens (tertiary/aromatic N) is 2. The molecule has 0 bridgehead atoms. The number of hydrogen-bond acceptors (Lipinski definition) is 1. The zero-order chi connectivity index (χ0) is 22.2. The predicted octanol–water partition coefficient (Wildman–Crippen LogP) is 8.56. The van der Waals surface area contributed by atoms with Crippen molar-refractivity contribution in [3.8, 4) is 5.69 Å². The van der Waals surface area contributed by atoms with Crippen molar-refractivity contribution in [2.75, 3.05) is 4.90 Å². The summed E-state index contributed by atoms with van der Waals surface area (Å²) in [4.78, 5) is 2.33. The molecular weight excluding hydrogens is 400 g/mol. The van der Waals surface area contributed by atoms with E-state index in [9.17, 15) is 0 Å². The fourth-order valence-corrected chi connectivity index (χ4v) is 4.67. The van der Waals surface area contributed by atoms with Crippen molar-refractivity contribution in [3.63, 3.8) is 0 Å². The Morgan fingerprint density at radius 2 is 1.06 bits per heavy atom. The van der Waals surface area contributed by atoms with Crippen LogP contribution in [0, 0.1) is 6.92 Å². The number of aromatic nitrogens is 1. The van der Waals surface area contributed by atoms with Gasteiger partial charge in [-0.05, 0) is 67.6 Å². The number of hydrogen-bond donors (Lipinski definition) is 0. The van der Waals surface area contributed by atoms with Crippen LogP contribution in [-0.4, -0.2) is 4.57 Å². The molecule has 1 aromatic heterocycles. The van der Waals surface area contributed by atoms with Gasteiger partial charge in [-0.15, -0.1) is 0 Å². The molecule has 0 amide bonds. The lowest BCUT2D eigenvalue weighted by Crippen LogP contribution is -2.09. The predicted molar refractivity (Wildman–Crippen MR) is 140 cm³/mol. The third kappa shape index (κ3) is 3.37. The Hall–Kier alpha value is -4.30. The molecular formula is C31H24N2. The molecule has 0 spiro atoms. The second kappa shape index (κ2) is 7.99. The first kappa shape index (κ1) is 19.4. The van der Waals surface area contributed by atoms with Crippen LogP contribution >= 0.6 is 0 Å². The van der Waals surface area contributed by atoms with Crippen LogP contribution < -0.4 is 4.90 Å². The van der Waals surface area contributed by atoms with Crippen LogP contribution in [0.4, 0.5) is 17.1 Å². The Morgan fingerprint density at radius 1 is 0.485 bits per heavy atom. The molecule has 0 N–H and O–H groups in total. The Labute approximate surface area is 194 Å². The number of fused-ring (bicyclic) bond motifs is 3. The summed E-state index contributed by atoms with van der Waals surface area (Å²) in [6.45, 7) is 2.13. The van der Waals surface area contributed by atoms with Crippen LogP contribution in [-0.2, 0) is 0 Å². The van der Waals surface area contributed by atoms with Gasteiger partial charge in [-0.1, -0.05) is 72.3 Å². The maximum atomic E-state index is 2.35. The van der Waals surface area contributed by atoms with Gasteiger partial charge in [0.1, 0.15) is 0 Å². The maximum Gasteiger partial charge on any atom is 0.0542 e. The average molecular weight is 425 g/mol. The Balaban J connectivity index is 1.61. The first-order valence-corrected chi connectivity index (χ1v) is 11.3. The SMILES string of the molecule is Cc1ccc(N(c2ccccc2)c2ccc3c(c2)c2ccccc2n3-c2ccccc2)cc1. The van der Waals surface area contributed by atoms with Gasteiger partial charge >= 0.3 is 0 Å². The van der Waals surface area contributed by atoms with Crippen LogP contribution in [0.1, 0.15) is 5.56 Å². The lowest BCUT2D eigenvalue weighted by atomic mass is 10.1. The van der Waals surface area contributed by atoms with Crippen molar-refractivity contribution in [1.29, 1.82) is 0 Å². The smallest absolute Gasteiger partial charge is 0.0542 e. The van der Waals surface area contributed by atoms with Gasteiger partial charge in [0.2, 0.25) is 0 Å². The van der Waals surface area contributed by atoms with Crippen LogP contribution in [0.25, 0.3) is 27.5 Å². The molecule has 1 heterocycles. The van der Waals surface area contributed by atoms with Gasteiger partial charge < -0.3 is 9.47 Å². The van der Waals surface area contributed by atoms with Gasteiger partial charge in [-0.3, -0.25) is 0 Å². The lowest BCUT2D eigenvalue weighted by molar-refractivity contribution is 1.18. The van der Waals surface area contributed by atoms with E-state index in [1.165, 1.54) is 33.1 Å². The van der Waals surface area contributed by atoms with E-state index in [2.05, 4.69) is 144 Å². The van der Waals surface area contributed by atoms with E-state index in [0.29, 0.717) is 0 Å². The molecule has 0 radical (unpaired) electrons. The second-order valence-electron chi connectivity index (χ2n) is 8.40. The van der Waals surface area contributed by atoms with Gasteiger partial charge in [0.25, 0.3) is 0 Å². The maximum absolute atomic E-state index is 2.35. The summed E-state index contributed by atoms with van der Waals surface area (Å²) in [5.74, 6) is 0. The Morgan fingerprint density at radius 3 is 1.82 bits per heavy atom. The first-order valence-electron chi connectivity index (χ1n) is 11.3. The van der Waals surface area contributed by atoms with E-state index < -0.39 is 0 Å². The third-order valence-corrected chi connectivity index (χ3v) is 6.24. The molecule has 6 rings (SSSR count). The number of para-hydroxylation sites is 3. The topological polar surface area (TPSA) is 8.17 Å². The lowest BCUT2D eigenvalue weighted by Gasteiger charge is -2.25. The van der Waals surface area contributed by atoms with E-state index in [0.717, 1.165) is 17.1 Å². The van der Waals surface area contributed by atoms with Crippen LogP contribution in [0.15, 0.2) is 127 Å². The van der Waals surface area contributed by atoms with Crippen LogP contribution in [0.5, 0.6) is 0 Å². The first-order chi connectivity index (χ1) is 16.3. The van der Waals surface area contributed by atoms with Crippen molar-refractivity contribution >= 4 is 38.9 Å². The van der Waals surface area contributed by atoms with Crippen LogP contribution in [0.3, 0.4) is 0 Å². The zero-order valence-corrected chi connectivity index (χ0v) is 18.5. The summed E-state index contributed by atoms with van der Waals surface area (Å²) < 4.78 is 2.35. The van der Waals surface area contributed by atoms with Crippen LogP contribution in [0.2, 0.25) is 0 Å². The number of anilines is 3. The highest BCUT2D eigenvalue weighted by Gasteiger charge is 2.16. The summed E-state index contributed by atoms with van der Waals surface area (Å²) in [5, 5.41) is 2.51. The van der Waals surface area contributed by atoms with Crippen molar-refractivity contribution in [3.05, 3.63) is 133 Å². The molecule has 0 atom stereocenters. The highest BCUT2D eigenvalue weighted by atomic mass is 15.1. The van der Waals surface area contributed by atoms with Gasteiger partial charge in [-0.2, -0.15) is 0 Å². The molecule has 6 aromatic rings. The summed E-state index contributed by atoms with van der Waals surface area (Å²) in [6.07, 6.45) is 0. The second-order valence-corrected chi connectivity index (χ2v) is 8.40. The molecule has 0 saturated heterocycles. The minimum absolute atomic E-state index is 1.15. The van der Waals surface area contributed by atoms with E-state index in [1.54, 1.807) is 0 Å². The minimum atomic E-state index is 1.15. The molecule has 33 heavy (non-hydrogen) atoms. The molecule has 0 aliphatic heterocycles. The normalized spacial score (nSPS) is 11.2. The summed E-state index contributed by atoms with van der Waals surface area (Å²) >= 11 is 0. The van der Waals surface area contributed by atoms with Crippen molar-refractivity contribution in [2.24, 2.45) is 0 Å². The molecule has 0 unspecified atom stereocenters. The third-order valence-electron chi connectivity index (χ3n) is 6.24. The van der Waals surface area contributed by atoms with Crippen molar-refractivity contribution < 1.29 is 0 Å². The van der Waals surface area contributed by atoms with E-state index in [4.69, 9.17) is 0 Å².